The Hall–Kier alpha value is -2.47. The van der Waals surface area contributed by atoms with Crippen LogP contribution in [0.2, 0.25) is 5.02 Å². The third-order valence-corrected chi connectivity index (χ3v) is 3.04. The fourth-order valence-electron chi connectivity index (χ4n) is 1.95. The fraction of sp³-hybridized carbons (Fsp3) is 0.0769. The van der Waals surface area contributed by atoms with Crippen molar-refractivity contribution in [2.45, 2.75) is 6.54 Å². The summed E-state index contributed by atoms with van der Waals surface area (Å²) in [5.41, 5.74) is 2.18. The molecule has 0 spiro atoms. The number of nitrogens with one attached hydrogen (secondary N) is 2. The molecule has 20 heavy (non-hydrogen) atoms. The number of hydrogen-bond acceptors (Lipinski definition) is 5. The Labute approximate surface area is 119 Å². The second-order valence-electron chi connectivity index (χ2n) is 4.20. The van der Waals surface area contributed by atoms with Gasteiger partial charge in [0.05, 0.1) is 5.39 Å². The predicted octanol–water partition coefficient (Wildman–Crippen LogP) is 3.62. The highest BCUT2D eigenvalue weighted by atomic mass is 35.5. The summed E-state index contributed by atoms with van der Waals surface area (Å²) in [5, 5.41) is 7.47. The van der Waals surface area contributed by atoms with Crippen molar-refractivity contribution in [3.8, 4) is 0 Å². The molecule has 7 heteroatoms. The van der Waals surface area contributed by atoms with Crippen molar-refractivity contribution in [3.63, 3.8) is 0 Å². The highest BCUT2D eigenvalue weighted by molar-refractivity contribution is 6.30. The maximum absolute atomic E-state index is 10.3. The molecule has 100 valence electrons. The summed E-state index contributed by atoms with van der Waals surface area (Å²) in [5.74, 6) is 0.644. The van der Waals surface area contributed by atoms with E-state index in [9.17, 15) is 4.91 Å². The zero-order valence-corrected chi connectivity index (χ0v) is 11.1. The lowest BCUT2D eigenvalue weighted by atomic mass is 10.3. The van der Waals surface area contributed by atoms with Crippen LogP contribution in [0.3, 0.4) is 0 Å². The number of nitrogens with zero attached hydrogens (tertiary/aromatic N) is 3. The molecule has 0 amide bonds. The summed E-state index contributed by atoms with van der Waals surface area (Å²) in [7, 11) is 0. The molecule has 0 bridgehead atoms. The highest BCUT2D eigenvalue weighted by Crippen LogP contribution is 2.25. The van der Waals surface area contributed by atoms with E-state index in [4.69, 9.17) is 11.6 Å². The van der Waals surface area contributed by atoms with Gasteiger partial charge in [0.2, 0.25) is 0 Å². The highest BCUT2D eigenvalue weighted by Gasteiger charge is 2.08. The molecule has 3 aromatic rings. The van der Waals surface area contributed by atoms with Crippen LogP contribution in [0.1, 0.15) is 5.69 Å². The number of aromatic nitrogens is 3. The zero-order chi connectivity index (χ0) is 13.9. The van der Waals surface area contributed by atoms with E-state index in [0.29, 0.717) is 22.2 Å². The van der Waals surface area contributed by atoms with E-state index in [1.165, 1.54) is 6.33 Å². The van der Waals surface area contributed by atoms with Crippen LogP contribution >= 0.6 is 11.6 Å². The summed E-state index contributed by atoms with van der Waals surface area (Å²) in [6, 6.07) is 9.15. The fourth-order valence-corrected chi connectivity index (χ4v) is 2.14. The van der Waals surface area contributed by atoms with Crippen LogP contribution < -0.4 is 5.32 Å². The summed E-state index contributed by atoms with van der Waals surface area (Å²) in [6.07, 6.45) is 1.45. The van der Waals surface area contributed by atoms with E-state index >= 15 is 0 Å². The van der Waals surface area contributed by atoms with Crippen LogP contribution in [0.5, 0.6) is 0 Å². The number of hydrogen-bond donors (Lipinski definition) is 2. The van der Waals surface area contributed by atoms with E-state index in [-0.39, 0.29) is 6.54 Å². The van der Waals surface area contributed by atoms with Gasteiger partial charge in [0, 0.05) is 16.4 Å². The van der Waals surface area contributed by atoms with Crippen molar-refractivity contribution in [3.05, 3.63) is 52.3 Å². The molecule has 2 heterocycles. The van der Waals surface area contributed by atoms with Crippen molar-refractivity contribution in [2.75, 3.05) is 5.32 Å². The number of rotatable bonds is 4. The minimum absolute atomic E-state index is 0.0764. The Bertz CT molecular complexity index is 770. The average molecular weight is 288 g/mol. The van der Waals surface area contributed by atoms with Crippen molar-refractivity contribution in [1.29, 1.82) is 0 Å². The Balaban J connectivity index is 2.00. The first-order valence-electron chi connectivity index (χ1n) is 5.90. The van der Waals surface area contributed by atoms with Crippen molar-refractivity contribution in [2.24, 2.45) is 5.18 Å². The van der Waals surface area contributed by atoms with Crippen molar-refractivity contribution in [1.82, 2.24) is 15.0 Å². The quantitative estimate of drug-likeness (QED) is 0.718. The zero-order valence-electron chi connectivity index (χ0n) is 10.3. The van der Waals surface area contributed by atoms with Crippen molar-refractivity contribution < 1.29 is 0 Å². The van der Waals surface area contributed by atoms with Gasteiger partial charge in [0.1, 0.15) is 24.3 Å². The first-order valence-corrected chi connectivity index (χ1v) is 6.28. The molecule has 0 aliphatic rings. The minimum Gasteiger partial charge on any atom is -0.341 e. The predicted molar refractivity (Wildman–Crippen MR) is 78.1 cm³/mol. The second-order valence-corrected chi connectivity index (χ2v) is 4.64. The van der Waals surface area contributed by atoms with Crippen LogP contribution in [-0.2, 0) is 6.54 Å². The van der Waals surface area contributed by atoms with Gasteiger partial charge in [-0.1, -0.05) is 22.8 Å². The number of H-pyrrole nitrogens is 1. The number of fused-ring (bicyclic) bond motifs is 1. The summed E-state index contributed by atoms with van der Waals surface area (Å²) in [6.45, 7) is 0.0764. The van der Waals surface area contributed by atoms with E-state index in [1.807, 2.05) is 18.2 Å². The number of halogens is 1. The largest absolute Gasteiger partial charge is 0.341 e. The third-order valence-electron chi connectivity index (χ3n) is 2.80. The van der Waals surface area contributed by atoms with Crippen molar-refractivity contribution >= 4 is 34.1 Å². The Morgan fingerprint density at radius 3 is 3.00 bits per heavy atom. The van der Waals surface area contributed by atoms with Crippen LogP contribution in [0.25, 0.3) is 11.0 Å². The van der Waals surface area contributed by atoms with Gasteiger partial charge in [0.15, 0.2) is 0 Å². The molecule has 0 aliphatic heterocycles. The standard InChI is InChI=1S/C13H10ClN5O/c14-8-2-1-3-9(4-8)18-12-11-5-10(6-17-20)19-13(11)16-7-15-12/h1-5,7H,6H2,(H2,15,16,18,19). The van der Waals surface area contributed by atoms with Gasteiger partial charge in [-0.05, 0) is 24.3 Å². The maximum Gasteiger partial charge on any atom is 0.143 e. The molecule has 3 rings (SSSR count). The Morgan fingerprint density at radius 2 is 2.20 bits per heavy atom. The minimum atomic E-state index is 0.0764. The Kier molecular flexibility index (Phi) is 3.30. The first-order chi connectivity index (χ1) is 9.76. The van der Waals surface area contributed by atoms with Crippen LogP contribution in [0, 0.1) is 4.91 Å². The second kappa shape index (κ2) is 5.26. The van der Waals surface area contributed by atoms with E-state index in [1.54, 1.807) is 12.1 Å². The molecule has 2 aromatic heterocycles. The van der Waals surface area contributed by atoms with Gasteiger partial charge < -0.3 is 10.3 Å². The number of nitroso groups, excluding NO2 is 1. The molecule has 0 fully saturated rings. The average Bonchev–Trinajstić information content (AvgIpc) is 2.83. The van der Waals surface area contributed by atoms with Gasteiger partial charge >= 0.3 is 0 Å². The van der Waals surface area contributed by atoms with Gasteiger partial charge in [-0.2, -0.15) is 4.91 Å². The van der Waals surface area contributed by atoms with E-state index in [2.05, 4.69) is 25.4 Å². The van der Waals surface area contributed by atoms with Crippen LogP contribution in [0.15, 0.2) is 41.8 Å². The molecule has 1 aromatic carbocycles. The number of benzene rings is 1. The molecule has 0 aliphatic carbocycles. The van der Waals surface area contributed by atoms with Gasteiger partial charge in [-0.25, -0.2) is 9.97 Å². The van der Waals surface area contributed by atoms with Crippen LogP contribution in [-0.4, -0.2) is 15.0 Å². The molecule has 0 saturated heterocycles. The number of aromatic amines is 1. The van der Waals surface area contributed by atoms with Gasteiger partial charge in [-0.3, -0.25) is 0 Å². The molecule has 0 unspecified atom stereocenters. The molecule has 0 saturated carbocycles. The smallest absolute Gasteiger partial charge is 0.143 e. The summed E-state index contributed by atoms with van der Waals surface area (Å²) >= 11 is 5.95. The normalized spacial score (nSPS) is 10.7. The lowest BCUT2D eigenvalue weighted by Crippen LogP contribution is -1.94. The SMILES string of the molecule is O=NCc1cc2c(Nc3cccc(Cl)c3)ncnc2[nH]1. The van der Waals surface area contributed by atoms with Crippen LogP contribution in [0.4, 0.5) is 11.5 Å². The topological polar surface area (TPSA) is 83.0 Å². The molecule has 0 radical (unpaired) electrons. The molecule has 6 nitrogen and oxygen atoms in total. The Morgan fingerprint density at radius 1 is 1.30 bits per heavy atom. The van der Waals surface area contributed by atoms with E-state index < -0.39 is 0 Å². The number of anilines is 2. The molecule has 0 atom stereocenters. The maximum atomic E-state index is 10.3. The lowest BCUT2D eigenvalue weighted by molar-refractivity contribution is 1.00. The van der Waals surface area contributed by atoms with Gasteiger partial charge in [-0.15, -0.1) is 0 Å². The molecular weight excluding hydrogens is 278 g/mol. The lowest BCUT2D eigenvalue weighted by Gasteiger charge is -2.06. The molecular formula is C13H10ClN5O. The third kappa shape index (κ3) is 2.46. The summed E-state index contributed by atoms with van der Waals surface area (Å²) in [4.78, 5) is 21.7. The monoisotopic (exact) mass is 287 g/mol. The molecule has 2 N–H and O–H groups in total. The summed E-state index contributed by atoms with van der Waals surface area (Å²) < 4.78 is 0. The van der Waals surface area contributed by atoms with E-state index in [0.717, 1.165) is 11.1 Å². The first kappa shape index (κ1) is 12.6. The van der Waals surface area contributed by atoms with Gasteiger partial charge in [0.25, 0.3) is 0 Å².